The number of hydrogen-bond donors (Lipinski definition) is 3. The van der Waals surface area contributed by atoms with Crippen LogP contribution in [0.2, 0.25) is 0 Å². The van der Waals surface area contributed by atoms with Crippen LogP contribution in [0.4, 0.5) is 20.2 Å². The number of aliphatic carboxylic acids is 1. The molecule has 1 fully saturated rings. The highest BCUT2D eigenvalue weighted by atomic mass is 19.1. The molecule has 0 radical (unpaired) electrons. The lowest BCUT2D eigenvalue weighted by molar-refractivity contribution is -0.137. The topological polar surface area (TPSA) is 119 Å². The molecule has 4 aromatic carbocycles. The van der Waals surface area contributed by atoms with Gasteiger partial charge in [0.15, 0.2) is 0 Å². The summed E-state index contributed by atoms with van der Waals surface area (Å²) in [6, 6.07) is 22.7. The molecule has 0 aromatic heterocycles. The van der Waals surface area contributed by atoms with Crippen LogP contribution >= 0.6 is 0 Å². The Bertz CT molecular complexity index is 1770. The molecule has 3 N–H and O–H groups in total. The number of carbonyl (C=O) groups excluding carboxylic acids is 3. The molecule has 1 aliphatic rings. The van der Waals surface area contributed by atoms with Gasteiger partial charge < -0.3 is 25.5 Å². The molecule has 242 valence electrons. The van der Waals surface area contributed by atoms with Crippen molar-refractivity contribution < 1.29 is 33.1 Å². The standard InChI is InChI=1S/C36H34F2N4O5/c1-22-21-42(36(47)26-6-4-3-5-7-26)23(2)20-41(22)32-17-12-27(18-31(32)40-34(45)25-10-15-29(38)16-11-25)35(46)39-30(19-33(43)44)24-8-13-28(37)14-9-24/h3-18,22-23,30H,19-21H2,1-2H3,(H,39,46)(H,40,45)(H,43,44). The zero-order valence-electron chi connectivity index (χ0n) is 25.8. The Kier molecular flexibility index (Phi) is 9.94. The molecule has 1 aliphatic heterocycles. The number of anilines is 2. The first-order valence-electron chi connectivity index (χ1n) is 15.1. The second-order valence-electron chi connectivity index (χ2n) is 11.5. The van der Waals surface area contributed by atoms with Gasteiger partial charge in [0.25, 0.3) is 17.7 Å². The number of carboxylic acid groups (broad SMARTS) is 1. The molecule has 3 unspecified atom stereocenters. The number of carboxylic acids is 1. The number of halogens is 2. The van der Waals surface area contributed by atoms with Crippen molar-refractivity contribution in [3.8, 4) is 0 Å². The normalized spacial score (nSPS) is 16.7. The van der Waals surface area contributed by atoms with E-state index in [4.69, 9.17) is 0 Å². The van der Waals surface area contributed by atoms with Gasteiger partial charge in [0.2, 0.25) is 0 Å². The third kappa shape index (κ3) is 7.81. The van der Waals surface area contributed by atoms with Crippen molar-refractivity contribution >= 4 is 35.1 Å². The Morgan fingerprint density at radius 2 is 1.38 bits per heavy atom. The first-order valence-corrected chi connectivity index (χ1v) is 15.1. The third-order valence-corrected chi connectivity index (χ3v) is 8.15. The van der Waals surface area contributed by atoms with Crippen LogP contribution in [0.5, 0.6) is 0 Å². The van der Waals surface area contributed by atoms with Crippen molar-refractivity contribution in [2.75, 3.05) is 23.3 Å². The molecule has 0 spiro atoms. The Hall–Kier alpha value is -5.58. The van der Waals surface area contributed by atoms with E-state index >= 15 is 0 Å². The van der Waals surface area contributed by atoms with Crippen LogP contribution in [-0.2, 0) is 4.79 Å². The van der Waals surface area contributed by atoms with Gasteiger partial charge in [-0.05, 0) is 86.1 Å². The van der Waals surface area contributed by atoms with E-state index in [1.165, 1.54) is 54.6 Å². The average molecular weight is 641 g/mol. The molecular formula is C36H34F2N4O5. The van der Waals surface area contributed by atoms with Crippen LogP contribution in [0.3, 0.4) is 0 Å². The Balaban J connectivity index is 1.45. The van der Waals surface area contributed by atoms with Crippen LogP contribution in [0.15, 0.2) is 97.1 Å². The SMILES string of the molecule is CC1CN(c2ccc(C(=O)NC(CC(=O)O)c3ccc(F)cc3)cc2NC(=O)c2ccc(F)cc2)C(C)CN1C(=O)c1ccccc1. The van der Waals surface area contributed by atoms with Crippen LogP contribution < -0.4 is 15.5 Å². The summed E-state index contributed by atoms with van der Waals surface area (Å²) < 4.78 is 27.1. The predicted octanol–water partition coefficient (Wildman–Crippen LogP) is 5.90. The number of amides is 3. The molecule has 0 aliphatic carbocycles. The van der Waals surface area contributed by atoms with E-state index in [1.807, 2.05) is 41.8 Å². The Labute approximate surface area is 270 Å². The van der Waals surface area contributed by atoms with Gasteiger partial charge in [-0.3, -0.25) is 19.2 Å². The van der Waals surface area contributed by atoms with Crippen LogP contribution in [0.25, 0.3) is 0 Å². The van der Waals surface area contributed by atoms with Crippen molar-refractivity contribution in [3.05, 3.63) is 131 Å². The first kappa shape index (κ1) is 32.8. The van der Waals surface area contributed by atoms with E-state index in [2.05, 4.69) is 10.6 Å². The lowest BCUT2D eigenvalue weighted by Gasteiger charge is -2.45. The lowest BCUT2D eigenvalue weighted by Crippen LogP contribution is -2.58. The monoisotopic (exact) mass is 640 g/mol. The Morgan fingerprint density at radius 3 is 2.02 bits per heavy atom. The van der Waals surface area contributed by atoms with E-state index in [0.29, 0.717) is 35.6 Å². The number of nitrogens with one attached hydrogen (secondary N) is 2. The summed E-state index contributed by atoms with van der Waals surface area (Å²) in [7, 11) is 0. The van der Waals surface area contributed by atoms with E-state index in [9.17, 15) is 33.1 Å². The maximum Gasteiger partial charge on any atom is 0.305 e. The molecule has 11 heteroatoms. The van der Waals surface area contributed by atoms with E-state index in [-0.39, 0.29) is 29.1 Å². The highest BCUT2D eigenvalue weighted by molar-refractivity contribution is 6.07. The third-order valence-electron chi connectivity index (χ3n) is 8.15. The predicted molar refractivity (Wildman–Crippen MR) is 173 cm³/mol. The fourth-order valence-corrected chi connectivity index (χ4v) is 5.68. The quantitative estimate of drug-likeness (QED) is 0.210. The maximum absolute atomic E-state index is 13.6. The second-order valence-corrected chi connectivity index (χ2v) is 11.5. The molecule has 4 aromatic rings. The van der Waals surface area contributed by atoms with Crippen LogP contribution in [0, 0.1) is 11.6 Å². The first-order chi connectivity index (χ1) is 22.5. The van der Waals surface area contributed by atoms with Gasteiger partial charge in [-0.2, -0.15) is 0 Å². The molecule has 1 heterocycles. The Morgan fingerprint density at radius 1 is 0.766 bits per heavy atom. The number of benzene rings is 4. The molecule has 5 rings (SSSR count). The van der Waals surface area contributed by atoms with Crippen molar-refractivity contribution in [1.82, 2.24) is 10.2 Å². The summed E-state index contributed by atoms with van der Waals surface area (Å²) in [5.74, 6) is -3.38. The zero-order chi connectivity index (χ0) is 33.7. The molecule has 0 saturated carbocycles. The molecule has 9 nitrogen and oxygen atoms in total. The summed E-state index contributed by atoms with van der Waals surface area (Å²) in [6.45, 7) is 4.73. The highest BCUT2D eigenvalue weighted by Gasteiger charge is 2.34. The summed E-state index contributed by atoms with van der Waals surface area (Å²) in [6.07, 6.45) is -0.439. The molecule has 47 heavy (non-hydrogen) atoms. The molecular weight excluding hydrogens is 606 g/mol. The molecule has 3 amide bonds. The van der Waals surface area contributed by atoms with Gasteiger partial charge in [-0.15, -0.1) is 0 Å². The number of nitrogens with zero attached hydrogens (tertiary/aromatic N) is 2. The minimum Gasteiger partial charge on any atom is -0.481 e. The van der Waals surface area contributed by atoms with Gasteiger partial charge in [0.1, 0.15) is 11.6 Å². The summed E-state index contributed by atoms with van der Waals surface area (Å²) in [4.78, 5) is 55.6. The molecule has 0 bridgehead atoms. The van der Waals surface area contributed by atoms with E-state index < -0.39 is 41.9 Å². The van der Waals surface area contributed by atoms with Gasteiger partial charge in [0.05, 0.1) is 23.8 Å². The van der Waals surface area contributed by atoms with Gasteiger partial charge >= 0.3 is 5.97 Å². The van der Waals surface area contributed by atoms with Crippen molar-refractivity contribution in [3.63, 3.8) is 0 Å². The minimum atomic E-state index is -1.16. The highest BCUT2D eigenvalue weighted by Crippen LogP contribution is 2.33. The van der Waals surface area contributed by atoms with Crippen molar-refractivity contribution in [2.24, 2.45) is 0 Å². The maximum atomic E-state index is 13.6. The minimum absolute atomic E-state index is 0.0847. The average Bonchev–Trinajstić information content (AvgIpc) is 3.06. The summed E-state index contributed by atoms with van der Waals surface area (Å²) >= 11 is 0. The van der Waals surface area contributed by atoms with Crippen LogP contribution in [-0.4, -0.2) is 58.9 Å². The summed E-state index contributed by atoms with van der Waals surface area (Å²) in [5, 5.41) is 15.0. The number of hydrogen-bond acceptors (Lipinski definition) is 5. The lowest BCUT2D eigenvalue weighted by atomic mass is 10.0. The molecule has 3 atom stereocenters. The smallest absolute Gasteiger partial charge is 0.305 e. The number of carbonyl (C=O) groups is 4. The largest absolute Gasteiger partial charge is 0.481 e. The van der Waals surface area contributed by atoms with Gasteiger partial charge in [0, 0.05) is 41.9 Å². The van der Waals surface area contributed by atoms with E-state index in [1.54, 1.807) is 24.3 Å². The van der Waals surface area contributed by atoms with Crippen molar-refractivity contribution in [2.45, 2.75) is 38.4 Å². The van der Waals surface area contributed by atoms with Gasteiger partial charge in [-0.25, -0.2) is 8.78 Å². The molecule has 1 saturated heterocycles. The fraction of sp³-hybridized carbons (Fsp3) is 0.222. The summed E-state index contributed by atoms with van der Waals surface area (Å²) in [5.41, 5.74) is 2.23. The van der Waals surface area contributed by atoms with Crippen molar-refractivity contribution in [1.29, 1.82) is 0 Å². The van der Waals surface area contributed by atoms with E-state index in [0.717, 1.165) is 0 Å². The van der Waals surface area contributed by atoms with Gasteiger partial charge in [-0.1, -0.05) is 30.3 Å². The zero-order valence-corrected chi connectivity index (χ0v) is 25.8. The number of rotatable bonds is 9. The van der Waals surface area contributed by atoms with Crippen LogP contribution in [0.1, 0.15) is 62.9 Å². The second kappa shape index (κ2) is 14.2. The number of piperazine rings is 1. The fourth-order valence-electron chi connectivity index (χ4n) is 5.68.